The molecule has 2 heterocycles. The Kier molecular flexibility index (Phi) is 2.98. The van der Waals surface area contributed by atoms with Crippen LogP contribution < -0.4 is 11.2 Å². The van der Waals surface area contributed by atoms with E-state index in [9.17, 15) is 9.59 Å². The Balaban J connectivity index is 2.05. The Hall–Kier alpha value is -2.28. The lowest BCUT2D eigenvalue weighted by Crippen LogP contribution is -2.23. The number of nitrogens with one attached hydrogen (secondary N) is 2. The molecule has 1 aliphatic rings. The summed E-state index contributed by atoms with van der Waals surface area (Å²) in [7, 11) is 0. The molecule has 7 nitrogen and oxygen atoms in total. The minimum Gasteiger partial charge on any atom is -0.396 e. The molecule has 1 fully saturated rings. The molecule has 104 valence electrons. The summed E-state index contributed by atoms with van der Waals surface area (Å²) in [5.74, 6) is 0.538. The molecule has 2 aromatic heterocycles. The summed E-state index contributed by atoms with van der Waals surface area (Å²) in [6.07, 6.45) is 2.26. The number of aromatic nitrogens is 4. The first kappa shape index (κ1) is 12.7. The summed E-state index contributed by atoms with van der Waals surface area (Å²) >= 11 is 0. The van der Waals surface area contributed by atoms with Crippen molar-refractivity contribution in [2.75, 3.05) is 6.61 Å². The van der Waals surface area contributed by atoms with Crippen LogP contribution in [0.1, 0.15) is 23.6 Å². The number of hydrogen-bond acceptors (Lipinski definition) is 5. The molecule has 2 aromatic rings. The predicted molar refractivity (Wildman–Crippen MR) is 71.4 cm³/mol. The molecule has 0 aliphatic heterocycles. The van der Waals surface area contributed by atoms with Gasteiger partial charge in [-0.1, -0.05) is 0 Å². The van der Waals surface area contributed by atoms with E-state index >= 15 is 0 Å². The van der Waals surface area contributed by atoms with Crippen molar-refractivity contribution in [1.82, 2.24) is 20.2 Å². The molecule has 1 saturated carbocycles. The second-order valence-corrected chi connectivity index (χ2v) is 5.04. The van der Waals surface area contributed by atoms with Crippen LogP contribution in [-0.4, -0.2) is 31.9 Å². The van der Waals surface area contributed by atoms with Crippen LogP contribution in [0.25, 0.3) is 11.3 Å². The van der Waals surface area contributed by atoms with Crippen LogP contribution in [-0.2, 0) is 0 Å². The van der Waals surface area contributed by atoms with E-state index in [-0.39, 0.29) is 24.0 Å². The van der Waals surface area contributed by atoms with Crippen molar-refractivity contribution in [1.29, 1.82) is 0 Å². The zero-order valence-electron chi connectivity index (χ0n) is 10.9. The number of aliphatic hydroxyl groups excluding tert-OH is 1. The van der Waals surface area contributed by atoms with E-state index in [1.165, 1.54) is 6.20 Å². The van der Waals surface area contributed by atoms with Crippen LogP contribution in [0.3, 0.4) is 0 Å². The van der Waals surface area contributed by atoms with Gasteiger partial charge in [0, 0.05) is 12.8 Å². The largest absolute Gasteiger partial charge is 0.396 e. The average Bonchev–Trinajstić information content (AvgIpc) is 3.19. The van der Waals surface area contributed by atoms with E-state index in [4.69, 9.17) is 5.11 Å². The fourth-order valence-electron chi connectivity index (χ4n) is 2.40. The molecule has 0 amide bonds. The number of hydrogen-bond donors (Lipinski definition) is 3. The van der Waals surface area contributed by atoms with Gasteiger partial charge in [-0.2, -0.15) is 5.10 Å². The lowest BCUT2D eigenvalue weighted by molar-refractivity contribution is 0.274. The molecule has 0 saturated heterocycles. The van der Waals surface area contributed by atoms with Gasteiger partial charge in [0.1, 0.15) is 5.69 Å². The zero-order chi connectivity index (χ0) is 14.3. The molecule has 0 radical (unpaired) electrons. The van der Waals surface area contributed by atoms with Gasteiger partial charge in [0.25, 0.3) is 5.56 Å². The van der Waals surface area contributed by atoms with Gasteiger partial charge >= 0.3 is 5.69 Å². The van der Waals surface area contributed by atoms with Crippen molar-refractivity contribution in [2.24, 2.45) is 5.92 Å². The summed E-state index contributed by atoms with van der Waals surface area (Å²) < 4.78 is 0. The average molecular weight is 274 g/mol. The molecule has 7 heteroatoms. The Morgan fingerprint density at radius 3 is 2.85 bits per heavy atom. The van der Waals surface area contributed by atoms with Gasteiger partial charge in [-0.3, -0.25) is 9.78 Å². The number of aliphatic hydroxyl groups is 1. The van der Waals surface area contributed by atoms with Crippen LogP contribution >= 0.6 is 0 Å². The molecular formula is C13H14N4O3. The van der Waals surface area contributed by atoms with Crippen molar-refractivity contribution < 1.29 is 5.11 Å². The maximum absolute atomic E-state index is 11.8. The second kappa shape index (κ2) is 4.68. The third-order valence-corrected chi connectivity index (χ3v) is 3.67. The summed E-state index contributed by atoms with van der Waals surface area (Å²) in [6.45, 7) is 2.01. The van der Waals surface area contributed by atoms with E-state index in [2.05, 4.69) is 20.2 Å². The highest BCUT2D eigenvalue weighted by atomic mass is 16.3. The highest BCUT2D eigenvalue weighted by Crippen LogP contribution is 2.48. The van der Waals surface area contributed by atoms with Crippen LogP contribution in [0.5, 0.6) is 0 Å². The smallest absolute Gasteiger partial charge is 0.325 e. The fourth-order valence-corrected chi connectivity index (χ4v) is 2.40. The molecule has 3 N–H and O–H groups in total. The molecule has 0 bridgehead atoms. The van der Waals surface area contributed by atoms with Crippen molar-refractivity contribution >= 4 is 0 Å². The molecule has 2 unspecified atom stereocenters. The van der Waals surface area contributed by atoms with Gasteiger partial charge < -0.3 is 10.1 Å². The van der Waals surface area contributed by atoms with Crippen LogP contribution in [0, 0.1) is 12.8 Å². The first-order valence-corrected chi connectivity index (χ1v) is 6.37. The SMILES string of the molecule is Cc1nnc(-c2c[nH]c(=O)[nH]c2=O)cc1C1CC1CO. The maximum Gasteiger partial charge on any atom is 0.325 e. The van der Waals surface area contributed by atoms with Crippen molar-refractivity contribution in [2.45, 2.75) is 19.3 Å². The molecule has 2 atom stereocenters. The van der Waals surface area contributed by atoms with E-state index in [1.807, 2.05) is 13.0 Å². The van der Waals surface area contributed by atoms with Gasteiger partial charge in [-0.15, -0.1) is 5.10 Å². The standard InChI is InChI=1S/C13H14N4O3/c1-6-8(9-2-7(9)5-18)3-11(17-16-6)10-4-14-13(20)15-12(10)19/h3-4,7,9,18H,2,5H2,1H3,(H2,14,15,19,20). The minimum absolute atomic E-state index is 0.154. The van der Waals surface area contributed by atoms with E-state index in [0.717, 1.165) is 17.7 Å². The molecular weight excluding hydrogens is 260 g/mol. The van der Waals surface area contributed by atoms with Gasteiger partial charge in [-0.05, 0) is 36.8 Å². The first-order valence-electron chi connectivity index (χ1n) is 6.37. The monoisotopic (exact) mass is 274 g/mol. The van der Waals surface area contributed by atoms with Gasteiger partial charge in [0.2, 0.25) is 0 Å². The lowest BCUT2D eigenvalue weighted by Gasteiger charge is -2.06. The Morgan fingerprint density at radius 2 is 2.20 bits per heavy atom. The van der Waals surface area contributed by atoms with Gasteiger partial charge in [0.05, 0.1) is 11.3 Å². The highest BCUT2D eigenvalue weighted by Gasteiger charge is 2.39. The van der Waals surface area contributed by atoms with Gasteiger partial charge in [0.15, 0.2) is 0 Å². The molecule has 20 heavy (non-hydrogen) atoms. The van der Waals surface area contributed by atoms with E-state index in [1.54, 1.807) is 0 Å². The van der Waals surface area contributed by atoms with Crippen LogP contribution in [0.15, 0.2) is 21.9 Å². The summed E-state index contributed by atoms with van der Waals surface area (Å²) in [6, 6.07) is 1.81. The lowest BCUT2D eigenvalue weighted by atomic mass is 10.1. The fraction of sp³-hybridized carbons (Fsp3) is 0.385. The zero-order valence-corrected chi connectivity index (χ0v) is 10.9. The molecule has 0 spiro atoms. The summed E-state index contributed by atoms with van der Waals surface area (Å²) in [4.78, 5) is 27.4. The second-order valence-electron chi connectivity index (χ2n) is 5.04. The quantitative estimate of drug-likeness (QED) is 0.725. The number of nitrogens with zero attached hydrogens (tertiary/aromatic N) is 2. The minimum atomic E-state index is -0.554. The molecule has 0 aromatic carbocycles. The summed E-state index contributed by atoms with van der Waals surface area (Å²) in [5.41, 5.74) is 1.45. The molecule has 1 aliphatic carbocycles. The molecule has 3 rings (SSSR count). The normalized spacial score (nSPS) is 20.9. The van der Waals surface area contributed by atoms with Crippen molar-refractivity contribution in [3.05, 3.63) is 44.4 Å². The first-order chi connectivity index (χ1) is 9.60. The van der Waals surface area contributed by atoms with Crippen LogP contribution in [0.2, 0.25) is 0 Å². The Morgan fingerprint density at radius 1 is 1.40 bits per heavy atom. The highest BCUT2D eigenvalue weighted by molar-refractivity contribution is 5.57. The number of rotatable bonds is 3. The number of H-pyrrole nitrogens is 2. The summed E-state index contributed by atoms with van der Waals surface area (Å²) in [5, 5.41) is 17.2. The van der Waals surface area contributed by atoms with Crippen molar-refractivity contribution in [3.63, 3.8) is 0 Å². The third-order valence-electron chi connectivity index (χ3n) is 3.67. The van der Waals surface area contributed by atoms with Crippen LogP contribution in [0.4, 0.5) is 0 Å². The number of aromatic amines is 2. The Labute approximate surface area is 113 Å². The Bertz CT molecular complexity index is 765. The number of aryl methyl sites for hydroxylation is 1. The predicted octanol–water partition coefficient (Wildman–Crippen LogP) is -0.0756. The van der Waals surface area contributed by atoms with Crippen molar-refractivity contribution in [3.8, 4) is 11.3 Å². The van der Waals surface area contributed by atoms with Gasteiger partial charge in [-0.25, -0.2) is 4.79 Å². The third kappa shape index (κ3) is 2.16. The van der Waals surface area contributed by atoms with E-state index < -0.39 is 11.2 Å². The topological polar surface area (TPSA) is 112 Å². The van der Waals surface area contributed by atoms with E-state index in [0.29, 0.717) is 5.69 Å². The maximum atomic E-state index is 11.8.